The number of ketones is 1. The fourth-order valence-electron chi connectivity index (χ4n) is 2.13. The average Bonchev–Trinajstić information content (AvgIpc) is 2.69. The summed E-state index contributed by atoms with van der Waals surface area (Å²) >= 11 is 0. The highest BCUT2D eigenvalue weighted by molar-refractivity contribution is 5.80. The van der Waals surface area contributed by atoms with E-state index in [-0.39, 0.29) is 12.4 Å². The van der Waals surface area contributed by atoms with E-state index in [0.717, 1.165) is 0 Å². The van der Waals surface area contributed by atoms with Crippen molar-refractivity contribution in [2.45, 2.75) is 45.1 Å². The Labute approximate surface area is 86.1 Å². The number of hydrogen-bond donors (Lipinski definition) is 1. The van der Waals surface area contributed by atoms with Gasteiger partial charge < -0.3 is 5.11 Å². The van der Waals surface area contributed by atoms with Crippen LogP contribution in [0.15, 0.2) is 0 Å². The summed E-state index contributed by atoms with van der Waals surface area (Å²) < 4.78 is 0. The van der Waals surface area contributed by atoms with E-state index in [1.54, 1.807) is 0 Å². The van der Waals surface area contributed by atoms with Crippen molar-refractivity contribution in [2.75, 3.05) is 19.7 Å². The molecule has 0 aromatic heterocycles. The summed E-state index contributed by atoms with van der Waals surface area (Å²) in [5.41, 5.74) is 0. The predicted molar refractivity (Wildman–Crippen MR) is 56.2 cm³/mol. The SMILES string of the molecule is CCC(=O)CN(CCO)C1CCCC1. The third-order valence-corrected chi connectivity index (χ3v) is 3.00. The first-order chi connectivity index (χ1) is 6.77. The molecule has 1 N–H and O–H groups in total. The van der Waals surface area contributed by atoms with Crippen LogP contribution in [0, 0.1) is 0 Å². The molecule has 0 radical (unpaired) electrons. The quantitative estimate of drug-likeness (QED) is 0.699. The lowest BCUT2D eigenvalue weighted by molar-refractivity contribution is -0.120. The van der Waals surface area contributed by atoms with Gasteiger partial charge in [-0.3, -0.25) is 9.69 Å². The van der Waals surface area contributed by atoms with Gasteiger partial charge in [0.2, 0.25) is 0 Å². The summed E-state index contributed by atoms with van der Waals surface area (Å²) in [6.07, 6.45) is 5.53. The molecule has 1 fully saturated rings. The molecule has 1 saturated carbocycles. The fraction of sp³-hybridized carbons (Fsp3) is 0.909. The number of carbonyl (C=O) groups excluding carboxylic acids is 1. The minimum Gasteiger partial charge on any atom is -0.395 e. The van der Waals surface area contributed by atoms with Crippen molar-refractivity contribution in [2.24, 2.45) is 0 Å². The Morgan fingerprint density at radius 3 is 2.57 bits per heavy atom. The largest absolute Gasteiger partial charge is 0.395 e. The molecule has 1 aliphatic rings. The Balaban J connectivity index is 2.40. The summed E-state index contributed by atoms with van der Waals surface area (Å²) in [6.45, 7) is 3.24. The van der Waals surface area contributed by atoms with E-state index in [1.807, 2.05) is 6.92 Å². The lowest BCUT2D eigenvalue weighted by Gasteiger charge is -2.27. The van der Waals surface area contributed by atoms with E-state index in [4.69, 9.17) is 5.11 Å². The number of nitrogens with zero attached hydrogens (tertiary/aromatic N) is 1. The van der Waals surface area contributed by atoms with Gasteiger partial charge in [-0.15, -0.1) is 0 Å². The predicted octanol–water partition coefficient (Wildman–Crippen LogP) is 1.20. The second kappa shape index (κ2) is 6.14. The van der Waals surface area contributed by atoms with Crippen LogP contribution in [0.5, 0.6) is 0 Å². The zero-order valence-electron chi connectivity index (χ0n) is 9.04. The van der Waals surface area contributed by atoms with Crippen molar-refractivity contribution in [3.63, 3.8) is 0 Å². The van der Waals surface area contributed by atoms with E-state index >= 15 is 0 Å². The summed E-state index contributed by atoms with van der Waals surface area (Å²) in [5, 5.41) is 8.93. The molecular formula is C11H21NO2. The van der Waals surface area contributed by atoms with Gasteiger partial charge in [-0.2, -0.15) is 0 Å². The van der Waals surface area contributed by atoms with E-state index < -0.39 is 0 Å². The molecule has 0 unspecified atom stereocenters. The van der Waals surface area contributed by atoms with Gasteiger partial charge in [0.05, 0.1) is 13.2 Å². The standard InChI is InChI=1S/C11H21NO2/c1-2-11(14)9-12(7-8-13)10-5-3-4-6-10/h10,13H,2-9H2,1H3. The molecule has 0 aromatic carbocycles. The van der Waals surface area contributed by atoms with Gasteiger partial charge in [-0.1, -0.05) is 19.8 Å². The van der Waals surface area contributed by atoms with Crippen LogP contribution in [0.1, 0.15) is 39.0 Å². The molecule has 1 rings (SSSR count). The van der Waals surface area contributed by atoms with Crippen LogP contribution in [-0.2, 0) is 4.79 Å². The molecule has 1 aliphatic carbocycles. The summed E-state index contributed by atoms with van der Waals surface area (Å²) in [6, 6.07) is 0.539. The van der Waals surface area contributed by atoms with Crippen LogP contribution in [0.4, 0.5) is 0 Å². The number of Topliss-reactive ketones (excluding diaryl/α,β-unsaturated/α-hetero) is 1. The first kappa shape index (κ1) is 11.7. The Kier molecular flexibility index (Phi) is 5.12. The Bertz CT molecular complexity index is 176. The molecule has 0 aromatic rings. The molecule has 0 atom stereocenters. The van der Waals surface area contributed by atoms with Crippen molar-refractivity contribution in [3.8, 4) is 0 Å². The molecule has 0 saturated heterocycles. The first-order valence-corrected chi connectivity index (χ1v) is 5.64. The smallest absolute Gasteiger partial charge is 0.146 e. The van der Waals surface area contributed by atoms with Crippen molar-refractivity contribution in [1.82, 2.24) is 4.90 Å². The number of hydrogen-bond acceptors (Lipinski definition) is 3. The minimum atomic E-state index is 0.160. The number of carbonyl (C=O) groups is 1. The van der Waals surface area contributed by atoms with Crippen LogP contribution in [0.3, 0.4) is 0 Å². The molecule has 14 heavy (non-hydrogen) atoms. The second-order valence-corrected chi connectivity index (χ2v) is 4.02. The fourth-order valence-corrected chi connectivity index (χ4v) is 2.13. The zero-order valence-corrected chi connectivity index (χ0v) is 9.04. The van der Waals surface area contributed by atoms with Crippen LogP contribution in [0.25, 0.3) is 0 Å². The van der Waals surface area contributed by atoms with E-state index in [9.17, 15) is 4.79 Å². The highest BCUT2D eigenvalue weighted by Gasteiger charge is 2.23. The maximum absolute atomic E-state index is 11.3. The molecule has 0 spiro atoms. The maximum Gasteiger partial charge on any atom is 0.146 e. The van der Waals surface area contributed by atoms with Crippen LogP contribution in [-0.4, -0.2) is 41.5 Å². The van der Waals surface area contributed by atoms with Gasteiger partial charge in [0.1, 0.15) is 5.78 Å². The topological polar surface area (TPSA) is 40.5 Å². The third-order valence-electron chi connectivity index (χ3n) is 3.00. The molecule has 3 nitrogen and oxygen atoms in total. The minimum absolute atomic E-state index is 0.160. The van der Waals surface area contributed by atoms with Crippen molar-refractivity contribution >= 4 is 5.78 Å². The van der Waals surface area contributed by atoms with E-state index in [2.05, 4.69) is 4.90 Å². The van der Waals surface area contributed by atoms with Crippen molar-refractivity contribution in [3.05, 3.63) is 0 Å². The lowest BCUT2D eigenvalue weighted by Crippen LogP contribution is -2.39. The van der Waals surface area contributed by atoms with Gasteiger partial charge in [-0.05, 0) is 12.8 Å². The first-order valence-electron chi connectivity index (χ1n) is 5.64. The molecular weight excluding hydrogens is 178 g/mol. The number of aliphatic hydroxyl groups excluding tert-OH is 1. The molecule has 0 aliphatic heterocycles. The normalized spacial score (nSPS) is 17.9. The van der Waals surface area contributed by atoms with E-state index in [0.29, 0.717) is 25.6 Å². The average molecular weight is 199 g/mol. The van der Waals surface area contributed by atoms with Crippen molar-refractivity contribution in [1.29, 1.82) is 0 Å². The maximum atomic E-state index is 11.3. The second-order valence-electron chi connectivity index (χ2n) is 4.02. The zero-order chi connectivity index (χ0) is 10.4. The molecule has 82 valence electrons. The Hall–Kier alpha value is -0.410. The molecule has 0 amide bonds. The molecule has 3 heteroatoms. The number of aliphatic hydroxyl groups is 1. The highest BCUT2D eigenvalue weighted by atomic mass is 16.3. The molecule has 0 heterocycles. The monoisotopic (exact) mass is 199 g/mol. The van der Waals surface area contributed by atoms with Gasteiger partial charge >= 0.3 is 0 Å². The van der Waals surface area contributed by atoms with Crippen LogP contribution < -0.4 is 0 Å². The summed E-state index contributed by atoms with van der Waals surface area (Å²) in [5.74, 6) is 0.283. The third kappa shape index (κ3) is 3.39. The lowest BCUT2D eigenvalue weighted by atomic mass is 10.2. The van der Waals surface area contributed by atoms with Gasteiger partial charge in [0.15, 0.2) is 0 Å². The Morgan fingerprint density at radius 2 is 2.07 bits per heavy atom. The summed E-state index contributed by atoms with van der Waals surface area (Å²) in [7, 11) is 0. The van der Waals surface area contributed by atoms with E-state index in [1.165, 1.54) is 25.7 Å². The highest BCUT2D eigenvalue weighted by Crippen LogP contribution is 2.23. The molecule has 0 bridgehead atoms. The Morgan fingerprint density at radius 1 is 1.43 bits per heavy atom. The van der Waals surface area contributed by atoms with Gasteiger partial charge in [0.25, 0.3) is 0 Å². The van der Waals surface area contributed by atoms with Crippen LogP contribution >= 0.6 is 0 Å². The van der Waals surface area contributed by atoms with Crippen molar-refractivity contribution < 1.29 is 9.90 Å². The van der Waals surface area contributed by atoms with Gasteiger partial charge in [-0.25, -0.2) is 0 Å². The summed E-state index contributed by atoms with van der Waals surface area (Å²) in [4.78, 5) is 13.5. The van der Waals surface area contributed by atoms with Crippen LogP contribution in [0.2, 0.25) is 0 Å². The number of rotatable bonds is 6. The van der Waals surface area contributed by atoms with Gasteiger partial charge in [0, 0.05) is 19.0 Å².